The van der Waals surface area contributed by atoms with Gasteiger partial charge in [0.15, 0.2) is 26.0 Å². The standard InChI is InChI=1S/C24H38O7Si/c1-14-18-13-17(24(8,28)31-32(9,10)22(4,5)6)11-12-23(7,30-16(3)26)19(18)21(20(14)27)29-15(2)25/h13,19,21,28H,11-12H2,1-10H3. The van der Waals surface area contributed by atoms with E-state index in [1.165, 1.54) is 13.8 Å². The first-order valence-corrected chi connectivity index (χ1v) is 14.0. The van der Waals surface area contributed by atoms with Crippen LogP contribution in [0.1, 0.15) is 68.2 Å². The number of aliphatic hydroxyl groups is 1. The van der Waals surface area contributed by atoms with Crippen LogP contribution in [-0.2, 0) is 28.3 Å². The van der Waals surface area contributed by atoms with Crippen molar-refractivity contribution in [3.05, 3.63) is 22.8 Å². The number of carbonyl (C=O) groups is 3. The van der Waals surface area contributed by atoms with Crippen LogP contribution in [-0.4, -0.2) is 48.6 Å². The van der Waals surface area contributed by atoms with Crippen LogP contribution >= 0.6 is 0 Å². The predicted octanol–water partition coefficient (Wildman–Crippen LogP) is 4.21. The molecule has 2 aliphatic carbocycles. The lowest BCUT2D eigenvalue weighted by molar-refractivity contribution is -0.171. The zero-order valence-electron chi connectivity index (χ0n) is 21.0. The van der Waals surface area contributed by atoms with Crippen LogP contribution in [0.5, 0.6) is 0 Å². The van der Waals surface area contributed by atoms with Gasteiger partial charge < -0.3 is 19.0 Å². The minimum absolute atomic E-state index is 0.115. The molecule has 8 heteroatoms. The van der Waals surface area contributed by atoms with Crippen LogP contribution < -0.4 is 0 Å². The van der Waals surface area contributed by atoms with Gasteiger partial charge in [0.2, 0.25) is 0 Å². The van der Waals surface area contributed by atoms with Crippen molar-refractivity contribution >= 4 is 26.0 Å². The van der Waals surface area contributed by atoms with Gasteiger partial charge >= 0.3 is 11.9 Å². The van der Waals surface area contributed by atoms with Crippen LogP contribution in [0.25, 0.3) is 0 Å². The Bertz CT molecular complexity index is 875. The van der Waals surface area contributed by atoms with Crippen LogP contribution in [0.2, 0.25) is 18.1 Å². The van der Waals surface area contributed by atoms with Gasteiger partial charge in [0.05, 0.1) is 5.92 Å². The molecule has 0 fully saturated rings. The van der Waals surface area contributed by atoms with Crippen LogP contribution in [0.4, 0.5) is 0 Å². The average molecular weight is 467 g/mol. The molecule has 32 heavy (non-hydrogen) atoms. The molecule has 4 unspecified atom stereocenters. The van der Waals surface area contributed by atoms with E-state index >= 15 is 0 Å². The van der Waals surface area contributed by atoms with E-state index < -0.39 is 43.7 Å². The van der Waals surface area contributed by atoms with Gasteiger partial charge in [0.25, 0.3) is 0 Å². The first-order chi connectivity index (χ1) is 14.3. The topological polar surface area (TPSA) is 99.1 Å². The Labute approximate surface area is 192 Å². The van der Waals surface area contributed by atoms with E-state index in [1.54, 1.807) is 26.8 Å². The van der Waals surface area contributed by atoms with Gasteiger partial charge in [0.1, 0.15) is 5.60 Å². The number of hydrogen-bond donors (Lipinski definition) is 1. The molecule has 0 heterocycles. The lowest BCUT2D eigenvalue weighted by Gasteiger charge is -2.42. The third kappa shape index (κ3) is 5.07. The summed E-state index contributed by atoms with van der Waals surface area (Å²) < 4.78 is 17.5. The first kappa shape index (κ1) is 26.5. The van der Waals surface area contributed by atoms with E-state index in [0.29, 0.717) is 29.6 Å². The number of ether oxygens (including phenoxy) is 2. The maximum absolute atomic E-state index is 13.0. The summed E-state index contributed by atoms with van der Waals surface area (Å²) in [6.45, 7) is 18.0. The van der Waals surface area contributed by atoms with Crippen molar-refractivity contribution in [2.24, 2.45) is 5.92 Å². The summed E-state index contributed by atoms with van der Waals surface area (Å²) in [4.78, 5) is 36.7. The molecule has 0 radical (unpaired) electrons. The summed E-state index contributed by atoms with van der Waals surface area (Å²) in [7, 11) is -2.33. The van der Waals surface area contributed by atoms with Crippen LogP contribution in [0, 0.1) is 5.92 Å². The number of carbonyl (C=O) groups excluding carboxylic acids is 3. The Morgan fingerprint density at radius 1 is 1.16 bits per heavy atom. The number of ketones is 1. The average Bonchev–Trinajstić information content (AvgIpc) is 2.72. The monoisotopic (exact) mass is 466 g/mol. The quantitative estimate of drug-likeness (QED) is 0.368. The molecule has 1 N–H and O–H groups in total. The zero-order chi connectivity index (χ0) is 24.9. The molecule has 0 saturated carbocycles. The SMILES string of the molecule is CC(=O)OC1C(=O)C(C)=C2C=C(C(C)(O)O[Si](C)(C)C(C)(C)C)CCC(C)(OC(C)=O)C21. The van der Waals surface area contributed by atoms with E-state index in [1.807, 2.05) is 0 Å². The Balaban J connectivity index is 2.60. The smallest absolute Gasteiger partial charge is 0.303 e. The van der Waals surface area contributed by atoms with Crippen LogP contribution in [0.15, 0.2) is 22.8 Å². The van der Waals surface area contributed by atoms with Gasteiger partial charge in [-0.2, -0.15) is 0 Å². The fourth-order valence-electron chi connectivity index (χ4n) is 4.37. The summed E-state index contributed by atoms with van der Waals surface area (Å²) >= 11 is 0. The summed E-state index contributed by atoms with van der Waals surface area (Å²) in [6, 6.07) is 0. The molecule has 4 atom stereocenters. The Hall–Kier alpha value is -1.77. The Kier molecular flexibility index (Phi) is 7.06. The van der Waals surface area contributed by atoms with Gasteiger partial charge in [0, 0.05) is 13.8 Å². The van der Waals surface area contributed by atoms with Gasteiger partial charge in [-0.3, -0.25) is 14.4 Å². The first-order valence-electron chi connectivity index (χ1n) is 11.1. The molecular weight excluding hydrogens is 428 g/mol. The van der Waals surface area contributed by atoms with E-state index in [2.05, 4.69) is 33.9 Å². The van der Waals surface area contributed by atoms with Crippen molar-refractivity contribution in [2.75, 3.05) is 0 Å². The second kappa shape index (κ2) is 8.54. The van der Waals surface area contributed by atoms with E-state index in [-0.39, 0.29) is 10.8 Å². The van der Waals surface area contributed by atoms with Gasteiger partial charge in [-0.25, -0.2) is 0 Å². The van der Waals surface area contributed by atoms with Crippen molar-refractivity contribution in [3.63, 3.8) is 0 Å². The molecule has 0 aliphatic heterocycles. The second-order valence-electron chi connectivity index (χ2n) is 10.9. The van der Waals surface area contributed by atoms with Crippen molar-refractivity contribution in [1.29, 1.82) is 0 Å². The number of esters is 2. The molecule has 0 aromatic rings. The molecule has 0 bridgehead atoms. The highest BCUT2D eigenvalue weighted by Crippen LogP contribution is 2.49. The number of allylic oxidation sites excluding steroid dienone is 1. The molecule has 0 saturated heterocycles. The molecule has 2 aliphatic rings. The summed E-state index contributed by atoms with van der Waals surface area (Å²) in [6.07, 6.45) is 1.43. The van der Waals surface area contributed by atoms with Crippen molar-refractivity contribution < 1.29 is 33.4 Å². The minimum atomic E-state index is -2.33. The highest BCUT2D eigenvalue weighted by atomic mass is 28.4. The van der Waals surface area contributed by atoms with Crippen molar-refractivity contribution in [3.8, 4) is 0 Å². The maximum atomic E-state index is 13.0. The van der Waals surface area contributed by atoms with E-state index in [4.69, 9.17) is 13.9 Å². The molecule has 0 amide bonds. The molecule has 0 aromatic heterocycles. The molecule has 180 valence electrons. The lowest BCUT2D eigenvalue weighted by atomic mass is 9.80. The van der Waals surface area contributed by atoms with Gasteiger partial charge in [-0.05, 0) is 68.5 Å². The van der Waals surface area contributed by atoms with Gasteiger partial charge in [-0.1, -0.05) is 26.8 Å². The normalized spacial score (nSPS) is 28.5. The fraction of sp³-hybridized carbons (Fsp3) is 0.708. The molecule has 7 nitrogen and oxygen atoms in total. The second-order valence-corrected chi connectivity index (χ2v) is 15.6. The molecular formula is C24H38O7Si. The maximum Gasteiger partial charge on any atom is 0.303 e. The molecule has 0 spiro atoms. The highest BCUT2D eigenvalue weighted by molar-refractivity contribution is 6.74. The predicted molar refractivity (Wildman–Crippen MR) is 123 cm³/mol. The fourth-order valence-corrected chi connectivity index (χ4v) is 5.80. The number of Topliss-reactive ketones (excluding diaryl/α,β-unsaturated/α-hetero) is 1. The summed E-state index contributed by atoms with van der Waals surface area (Å²) in [5.41, 5.74) is 0.549. The van der Waals surface area contributed by atoms with E-state index in [9.17, 15) is 19.5 Å². The summed E-state index contributed by atoms with van der Waals surface area (Å²) in [5, 5.41) is 11.3. The lowest BCUT2D eigenvalue weighted by Crippen LogP contribution is -2.49. The van der Waals surface area contributed by atoms with Crippen LogP contribution in [0.3, 0.4) is 0 Å². The number of rotatable bonds is 5. The third-order valence-corrected chi connectivity index (χ3v) is 11.6. The van der Waals surface area contributed by atoms with E-state index in [0.717, 1.165) is 0 Å². The van der Waals surface area contributed by atoms with Crippen molar-refractivity contribution in [1.82, 2.24) is 0 Å². The molecule has 2 rings (SSSR count). The minimum Gasteiger partial charge on any atom is -0.459 e. The third-order valence-electron chi connectivity index (χ3n) is 7.10. The van der Waals surface area contributed by atoms with Gasteiger partial charge in [-0.15, -0.1) is 0 Å². The summed E-state index contributed by atoms with van der Waals surface area (Å²) in [5.74, 6) is -3.61. The van der Waals surface area contributed by atoms with Crippen molar-refractivity contribution in [2.45, 2.75) is 104 Å². The Morgan fingerprint density at radius 2 is 1.72 bits per heavy atom. The zero-order valence-corrected chi connectivity index (χ0v) is 22.0. The largest absolute Gasteiger partial charge is 0.459 e. The molecule has 0 aromatic carbocycles. The number of hydrogen-bond acceptors (Lipinski definition) is 7. The highest BCUT2D eigenvalue weighted by Gasteiger charge is 2.55. The Morgan fingerprint density at radius 3 is 2.19 bits per heavy atom. The number of fused-ring (bicyclic) bond motifs is 1.